The van der Waals surface area contributed by atoms with Gasteiger partial charge in [0, 0.05) is 38.9 Å². The van der Waals surface area contributed by atoms with Crippen LogP contribution in [0, 0.1) is 0 Å². The first-order valence-electron chi connectivity index (χ1n) is 6.22. The molecule has 17 heavy (non-hydrogen) atoms. The van der Waals surface area contributed by atoms with Crippen LogP contribution in [-0.4, -0.2) is 59.8 Å². The molecule has 96 valence electrons. The summed E-state index contributed by atoms with van der Waals surface area (Å²) in [5.41, 5.74) is 0.999. The van der Waals surface area contributed by atoms with E-state index in [2.05, 4.69) is 20.5 Å². The Morgan fingerprint density at radius 2 is 2.18 bits per heavy atom. The van der Waals surface area contributed by atoms with E-state index < -0.39 is 0 Å². The summed E-state index contributed by atoms with van der Waals surface area (Å²) in [6.07, 6.45) is 3.12. The summed E-state index contributed by atoms with van der Waals surface area (Å²) in [4.78, 5) is 2.44. The van der Waals surface area contributed by atoms with E-state index in [0.717, 1.165) is 58.1 Å². The smallest absolute Gasteiger partial charge is 0.0964 e. The lowest BCUT2D eigenvalue weighted by molar-refractivity contribution is 0.0368. The average Bonchev–Trinajstić information content (AvgIpc) is 2.79. The summed E-state index contributed by atoms with van der Waals surface area (Å²) < 4.78 is 7.24. The van der Waals surface area contributed by atoms with Crippen molar-refractivity contribution in [1.82, 2.24) is 25.2 Å². The molecule has 1 aromatic heterocycles. The minimum atomic E-state index is 0.781. The first-order chi connectivity index (χ1) is 8.38. The second kappa shape index (κ2) is 6.68. The van der Waals surface area contributed by atoms with E-state index in [1.807, 2.05) is 17.9 Å². The van der Waals surface area contributed by atoms with Gasteiger partial charge in [0.25, 0.3) is 0 Å². The van der Waals surface area contributed by atoms with Crippen molar-refractivity contribution in [2.45, 2.75) is 19.5 Å². The van der Waals surface area contributed by atoms with Crippen LogP contribution in [0.4, 0.5) is 0 Å². The molecule has 0 aliphatic carbocycles. The average molecular weight is 239 g/mol. The molecule has 0 unspecified atom stereocenters. The Morgan fingerprint density at radius 1 is 1.35 bits per heavy atom. The maximum absolute atomic E-state index is 5.32. The van der Waals surface area contributed by atoms with Gasteiger partial charge in [-0.2, -0.15) is 0 Å². The van der Waals surface area contributed by atoms with Crippen LogP contribution in [0.5, 0.6) is 0 Å². The van der Waals surface area contributed by atoms with Crippen molar-refractivity contribution in [2.24, 2.45) is 0 Å². The van der Waals surface area contributed by atoms with Gasteiger partial charge in [0.2, 0.25) is 0 Å². The lowest BCUT2D eigenvalue weighted by atomic mass is 10.3. The molecule has 1 aliphatic heterocycles. The monoisotopic (exact) mass is 239 g/mol. The predicted molar refractivity (Wildman–Crippen MR) is 64.7 cm³/mol. The van der Waals surface area contributed by atoms with Gasteiger partial charge in [-0.15, -0.1) is 5.10 Å². The molecule has 1 N–H and O–H groups in total. The fraction of sp³-hybridized carbons (Fsp3) is 0.818. The summed E-state index contributed by atoms with van der Waals surface area (Å²) in [5, 5.41) is 11.3. The van der Waals surface area contributed by atoms with Gasteiger partial charge < -0.3 is 10.1 Å². The maximum atomic E-state index is 5.32. The minimum Gasteiger partial charge on any atom is -0.379 e. The fourth-order valence-corrected chi connectivity index (χ4v) is 1.99. The molecule has 1 aliphatic rings. The van der Waals surface area contributed by atoms with Gasteiger partial charge >= 0.3 is 0 Å². The van der Waals surface area contributed by atoms with Crippen molar-refractivity contribution in [2.75, 3.05) is 39.9 Å². The second-order valence-corrected chi connectivity index (χ2v) is 4.31. The first kappa shape index (κ1) is 12.5. The largest absolute Gasteiger partial charge is 0.379 e. The molecule has 1 saturated heterocycles. The highest BCUT2D eigenvalue weighted by atomic mass is 16.5. The van der Waals surface area contributed by atoms with Crippen molar-refractivity contribution in [3.05, 3.63) is 11.9 Å². The molecule has 1 aromatic rings. The molecule has 0 amide bonds. The number of ether oxygens (including phenoxy) is 1. The van der Waals surface area contributed by atoms with Gasteiger partial charge in [-0.1, -0.05) is 5.21 Å². The second-order valence-electron chi connectivity index (χ2n) is 4.31. The Balaban J connectivity index is 1.66. The van der Waals surface area contributed by atoms with Gasteiger partial charge in [-0.05, 0) is 13.5 Å². The number of hydrogen-bond acceptors (Lipinski definition) is 5. The van der Waals surface area contributed by atoms with Gasteiger partial charge in [0.05, 0.1) is 18.9 Å². The lowest BCUT2D eigenvalue weighted by Gasteiger charge is -2.26. The Hall–Kier alpha value is -0.980. The Bertz CT molecular complexity index is 321. The van der Waals surface area contributed by atoms with E-state index >= 15 is 0 Å². The third-order valence-corrected chi connectivity index (χ3v) is 2.91. The van der Waals surface area contributed by atoms with Gasteiger partial charge in [-0.25, -0.2) is 0 Å². The van der Waals surface area contributed by atoms with Crippen LogP contribution >= 0.6 is 0 Å². The lowest BCUT2D eigenvalue weighted by Crippen LogP contribution is -2.37. The molecule has 1 fully saturated rings. The van der Waals surface area contributed by atoms with Gasteiger partial charge in [-0.3, -0.25) is 9.58 Å². The SMILES string of the molecule is CNCc1cn(CCCN2CCOCC2)nn1. The molecule has 2 heterocycles. The molecule has 0 aromatic carbocycles. The van der Waals surface area contributed by atoms with Crippen LogP contribution in [0.3, 0.4) is 0 Å². The van der Waals surface area contributed by atoms with Gasteiger partial charge in [0.15, 0.2) is 0 Å². The number of morpholine rings is 1. The van der Waals surface area contributed by atoms with Crippen molar-refractivity contribution in [3.63, 3.8) is 0 Å². The number of hydrogen-bond donors (Lipinski definition) is 1. The van der Waals surface area contributed by atoms with E-state index in [4.69, 9.17) is 4.74 Å². The molecule has 0 radical (unpaired) electrons. The molecule has 0 saturated carbocycles. The standard InChI is InChI=1S/C11H21N5O/c1-12-9-11-10-16(14-13-11)4-2-3-15-5-7-17-8-6-15/h10,12H,2-9H2,1H3. The third-order valence-electron chi connectivity index (χ3n) is 2.91. The molecule has 6 nitrogen and oxygen atoms in total. The van der Waals surface area contributed by atoms with Gasteiger partial charge in [0.1, 0.15) is 0 Å². The van der Waals surface area contributed by atoms with Crippen LogP contribution in [0.2, 0.25) is 0 Å². The van der Waals surface area contributed by atoms with E-state index in [0.29, 0.717) is 0 Å². The van der Waals surface area contributed by atoms with Crippen molar-refractivity contribution < 1.29 is 4.74 Å². The zero-order chi connectivity index (χ0) is 11.9. The predicted octanol–water partition coefficient (Wildman–Crippen LogP) is -0.280. The summed E-state index contributed by atoms with van der Waals surface area (Å²) in [6.45, 7) is 6.69. The summed E-state index contributed by atoms with van der Waals surface area (Å²) in [5.74, 6) is 0. The maximum Gasteiger partial charge on any atom is 0.0964 e. The normalized spacial score (nSPS) is 17.5. The van der Waals surface area contributed by atoms with E-state index in [-0.39, 0.29) is 0 Å². The molecular weight excluding hydrogens is 218 g/mol. The highest BCUT2D eigenvalue weighted by Crippen LogP contribution is 2.00. The van der Waals surface area contributed by atoms with Crippen LogP contribution in [0.1, 0.15) is 12.1 Å². The summed E-state index contributed by atoms with van der Waals surface area (Å²) in [6, 6.07) is 0. The van der Waals surface area contributed by atoms with Crippen LogP contribution in [0.25, 0.3) is 0 Å². The summed E-state index contributed by atoms with van der Waals surface area (Å²) in [7, 11) is 1.91. The van der Waals surface area contributed by atoms with Crippen molar-refractivity contribution in [3.8, 4) is 0 Å². The number of rotatable bonds is 6. The highest BCUT2D eigenvalue weighted by Gasteiger charge is 2.09. The Morgan fingerprint density at radius 3 is 2.94 bits per heavy atom. The number of nitrogens with one attached hydrogen (secondary N) is 1. The number of aromatic nitrogens is 3. The third kappa shape index (κ3) is 4.07. The fourth-order valence-electron chi connectivity index (χ4n) is 1.99. The highest BCUT2D eigenvalue weighted by molar-refractivity contribution is 4.90. The Kier molecular flexibility index (Phi) is 4.90. The van der Waals surface area contributed by atoms with E-state index in [1.165, 1.54) is 0 Å². The van der Waals surface area contributed by atoms with Crippen molar-refractivity contribution in [1.29, 1.82) is 0 Å². The summed E-state index contributed by atoms with van der Waals surface area (Å²) >= 11 is 0. The number of aryl methyl sites for hydroxylation is 1. The molecule has 0 bridgehead atoms. The Labute approximate surface area is 102 Å². The van der Waals surface area contributed by atoms with Crippen molar-refractivity contribution >= 4 is 0 Å². The zero-order valence-electron chi connectivity index (χ0n) is 10.4. The van der Waals surface area contributed by atoms with E-state index in [1.54, 1.807) is 0 Å². The molecule has 2 rings (SSSR count). The van der Waals surface area contributed by atoms with E-state index in [9.17, 15) is 0 Å². The topological polar surface area (TPSA) is 55.2 Å². The minimum absolute atomic E-state index is 0.781. The quantitative estimate of drug-likeness (QED) is 0.740. The zero-order valence-corrected chi connectivity index (χ0v) is 10.4. The first-order valence-corrected chi connectivity index (χ1v) is 6.22. The van der Waals surface area contributed by atoms with Crippen LogP contribution in [0.15, 0.2) is 6.20 Å². The van der Waals surface area contributed by atoms with Crippen LogP contribution in [-0.2, 0) is 17.8 Å². The molecular formula is C11H21N5O. The molecule has 6 heteroatoms. The van der Waals surface area contributed by atoms with Crippen LogP contribution < -0.4 is 5.32 Å². The molecule has 0 atom stereocenters. The molecule has 0 spiro atoms. The number of nitrogens with zero attached hydrogens (tertiary/aromatic N) is 4.